The molecular formula is C11H15N3O. The van der Waals surface area contributed by atoms with Gasteiger partial charge in [-0.15, -0.1) is 0 Å². The molecule has 15 heavy (non-hydrogen) atoms. The van der Waals surface area contributed by atoms with Gasteiger partial charge in [0, 0.05) is 25.5 Å². The summed E-state index contributed by atoms with van der Waals surface area (Å²) in [6.07, 6.45) is 5.50. The molecule has 0 aliphatic carbocycles. The maximum atomic E-state index is 5.21. The number of furan rings is 1. The van der Waals surface area contributed by atoms with Gasteiger partial charge in [-0.05, 0) is 19.1 Å². The van der Waals surface area contributed by atoms with Gasteiger partial charge in [0.1, 0.15) is 11.6 Å². The van der Waals surface area contributed by atoms with Crippen LogP contribution in [0.1, 0.15) is 11.6 Å². The highest BCUT2D eigenvalue weighted by molar-refractivity contribution is 4.97. The Kier molecular flexibility index (Phi) is 3.19. The van der Waals surface area contributed by atoms with Crippen LogP contribution < -0.4 is 5.32 Å². The van der Waals surface area contributed by atoms with Gasteiger partial charge in [-0.1, -0.05) is 0 Å². The minimum atomic E-state index is 0.779. The molecule has 0 unspecified atom stereocenters. The van der Waals surface area contributed by atoms with Crippen LogP contribution in [0.3, 0.4) is 0 Å². The molecule has 2 rings (SSSR count). The van der Waals surface area contributed by atoms with E-state index in [0.29, 0.717) is 0 Å². The number of aromatic nitrogens is 2. The monoisotopic (exact) mass is 205 g/mol. The fourth-order valence-electron chi connectivity index (χ4n) is 1.46. The van der Waals surface area contributed by atoms with Gasteiger partial charge in [0.2, 0.25) is 0 Å². The predicted octanol–water partition coefficient (Wildman–Crippen LogP) is 1.57. The Morgan fingerprint density at radius 3 is 3.13 bits per heavy atom. The number of hydrogen-bond acceptors (Lipinski definition) is 3. The first-order valence-corrected chi connectivity index (χ1v) is 5.07. The highest BCUT2D eigenvalue weighted by atomic mass is 16.3. The number of hydrogen-bond donors (Lipinski definition) is 1. The maximum Gasteiger partial charge on any atom is 0.117 e. The van der Waals surface area contributed by atoms with Crippen molar-refractivity contribution in [1.82, 2.24) is 14.9 Å². The van der Waals surface area contributed by atoms with Crippen molar-refractivity contribution in [3.05, 3.63) is 42.4 Å². The summed E-state index contributed by atoms with van der Waals surface area (Å²) in [7, 11) is 0. The van der Waals surface area contributed by atoms with Crippen molar-refractivity contribution < 1.29 is 4.42 Å². The molecule has 0 atom stereocenters. The van der Waals surface area contributed by atoms with E-state index in [1.807, 2.05) is 31.5 Å². The van der Waals surface area contributed by atoms with Crippen LogP contribution in [-0.4, -0.2) is 16.1 Å². The third-order valence-electron chi connectivity index (χ3n) is 2.33. The lowest BCUT2D eigenvalue weighted by Gasteiger charge is -2.05. The van der Waals surface area contributed by atoms with E-state index in [2.05, 4.69) is 14.9 Å². The van der Waals surface area contributed by atoms with Gasteiger partial charge >= 0.3 is 0 Å². The summed E-state index contributed by atoms with van der Waals surface area (Å²) < 4.78 is 7.33. The van der Waals surface area contributed by atoms with Gasteiger partial charge in [-0.3, -0.25) is 0 Å². The normalized spacial score (nSPS) is 10.7. The Morgan fingerprint density at radius 1 is 1.53 bits per heavy atom. The fraction of sp³-hybridized carbons (Fsp3) is 0.364. The number of aryl methyl sites for hydroxylation is 1. The maximum absolute atomic E-state index is 5.21. The number of rotatable bonds is 5. The molecule has 0 amide bonds. The first-order chi connectivity index (χ1) is 7.36. The molecule has 2 aromatic heterocycles. The molecule has 0 bridgehead atoms. The Bertz CT molecular complexity index is 392. The Morgan fingerprint density at radius 2 is 2.47 bits per heavy atom. The van der Waals surface area contributed by atoms with E-state index in [9.17, 15) is 0 Å². The minimum absolute atomic E-state index is 0.779. The van der Waals surface area contributed by atoms with Crippen molar-refractivity contribution >= 4 is 0 Å². The van der Waals surface area contributed by atoms with Crippen LogP contribution >= 0.6 is 0 Å². The van der Waals surface area contributed by atoms with Gasteiger partial charge in [0.15, 0.2) is 0 Å². The SMILES string of the molecule is Cc1nccn1CCNCc1ccco1. The molecule has 0 aliphatic rings. The lowest BCUT2D eigenvalue weighted by molar-refractivity contribution is 0.475. The molecule has 0 fully saturated rings. The average molecular weight is 205 g/mol. The molecule has 0 saturated carbocycles. The molecule has 2 aromatic rings. The summed E-state index contributed by atoms with van der Waals surface area (Å²) in [4.78, 5) is 4.16. The van der Waals surface area contributed by atoms with Crippen molar-refractivity contribution in [3.8, 4) is 0 Å². The van der Waals surface area contributed by atoms with E-state index in [1.165, 1.54) is 0 Å². The summed E-state index contributed by atoms with van der Waals surface area (Å²) >= 11 is 0. The van der Waals surface area contributed by atoms with Gasteiger partial charge in [-0.25, -0.2) is 4.98 Å². The van der Waals surface area contributed by atoms with E-state index < -0.39 is 0 Å². The smallest absolute Gasteiger partial charge is 0.117 e. The predicted molar refractivity (Wildman–Crippen MR) is 57.4 cm³/mol. The molecular weight excluding hydrogens is 190 g/mol. The molecule has 2 heterocycles. The first-order valence-electron chi connectivity index (χ1n) is 5.07. The van der Waals surface area contributed by atoms with Crippen LogP contribution in [0.2, 0.25) is 0 Å². The molecule has 0 spiro atoms. The van der Waals surface area contributed by atoms with Crippen LogP contribution in [0.15, 0.2) is 35.2 Å². The zero-order valence-corrected chi connectivity index (χ0v) is 8.81. The topological polar surface area (TPSA) is 43.0 Å². The van der Waals surface area contributed by atoms with E-state index in [0.717, 1.165) is 31.2 Å². The molecule has 0 aliphatic heterocycles. The van der Waals surface area contributed by atoms with Crippen molar-refractivity contribution in [2.45, 2.75) is 20.0 Å². The summed E-state index contributed by atoms with van der Waals surface area (Å²) in [6.45, 7) is 4.64. The number of nitrogens with one attached hydrogen (secondary N) is 1. The molecule has 1 N–H and O–H groups in total. The van der Waals surface area contributed by atoms with Crippen LogP contribution in [0.5, 0.6) is 0 Å². The van der Waals surface area contributed by atoms with E-state index in [-0.39, 0.29) is 0 Å². The summed E-state index contributed by atoms with van der Waals surface area (Å²) in [5.74, 6) is 2.02. The van der Waals surface area contributed by atoms with E-state index in [1.54, 1.807) is 6.26 Å². The standard InChI is InChI=1S/C11H15N3O/c1-10-13-5-7-14(10)6-4-12-9-11-3-2-8-15-11/h2-3,5,7-8,12H,4,6,9H2,1H3. The van der Waals surface area contributed by atoms with Crippen molar-refractivity contribution in [1.29, 1.82) is 0 Å². The lowest BCUT2D eigenvalue weighted by Crippen LogP contribution is -2.19. The molecule has 4 heteroatoms. The summed E-state index contributed by atoms with van der Waals surface area (Å²) in [6, 6.07) is 3.87. The molecule has 0 aromatic carbocycles. The second-order valence-electron chi connectivity index (χ2n) is 3.42. The third kappa shape index (κ3) is 2.70. The second kappa shape index (κ2) is 4.79. The highest BCUT2D eigenvalue weighted by Crippen LogP contribution is 1.98. The zero-order valence-electron chi connectivity index (χ0n) is 8.81. The molecule has 0 saturated heterocycles. The molecule has 4 nitrogen and oxygen atoms in total. The number of imidazole rings is 1. The zero-order chi connectivity index (χ0) is 10.5. The van der Waals surface area contributed by atoms with Crippen LogP contribution in [0, 0.1) is 6.92 Å². The molecule has 80 valence electrons. The van der Waals surface area contributed by atoms with Crippen molar-refractivity contribution in [2.24, 2.45) is 0 Å². The van der Waals surface area contributed by atoms with Crippen LogP contribution in [0.25, 0.3) is 0 Å². The van der Waals surface area contributed by atoms with Crippen molar-refractivity contribution in [2.75, 3.05) is 6.54 Å². The summed E-state index contributed by atoms with van der Waals surface area (Å²) in [5, 5.41) is 3.31. The van der Waals surface area contributed by atoms with Gasteiger partial charge in [-0.2, -0.15) is 0 Å². The lowest BCUT2D eigenvalue weighted by atomic mass is 10.4. The van der Waals surface area contributed by atoms with E-state index >= 15 is 0 Å². The van der Waals surface area contributed by atoms with Crippen molar-refractivity contribution in [3.63, 3.8) is 0 Å². The van der Waals surface area contributed by atoms with E-state index in [4.69, 9.17) is 4.42 Å². The Balaban J connectivity index is 1.70. The molecule has 0 radical (unpaired) electrons. The fourth-order valence-corrected chi connectivity index (χ4v) is 1.46. The first kappa shape index (κ1) is 9.98. The Labute approximate surface area is 88.9 Å². The van der Waals surface area contributed by atoms with Crippen LogP contribution in [0.4, 0.5) is 0 Å². The van der Waals surface area contributed by atoms with Crippen LogP contribution in [-0.2, 0) is 13.1 Å². The minimum Gasteiger partial charge on any atom is -0.468 e. The van der Waals surface area contributed by atoms with Gasteiger partial charge in [0.05, 0.1) is 12.8 Å². The average Bonchev–Trinajstić information content (AvgIpc) is 2.85. The second-order valence-corrected chi connectivity index (χ2v) is 3.42. The number of nitrogens with zero attached hydrogens (tertiary/aromatic N) is 2. The highest BCUT2D eigenvalue weighted by Gasteiger charge is 1.97. The third-order valence-corrected chi connectivity index (χ3v) is 2.33. The quantitative estimate of drug-likeness (QED) is 0.753. The Hall–Kier alpha value is -1.55. The van der Waals surface area contributed by atoms with Gasteiger partial charge in [0.25, 0.3) is 0 Å². The van der Waals surface area contributed by atoms with Gasteiger partial charge < -0.3 is 14.3 Å². The largest absolute Gasteiger partial charge is 0.468 e. The summed E-state index contributed by atoms with van der Waals surface area (Å²) in [5.41, 5.74) is 0.